The van der Waals surface area contributed by atoms with E-state index in [1.165, 1.54) is 6.92 Å². The van der Waals surface area contributed by atoms with Gasteiger partial charge in [-0.25, -0.2) is 4.79 Å². The van der Waals surface area contributed by atoms with Gasteiger partial charge >= 0.3 is 5.97 Å². The predicted octanol–water partition coefficient (Wildman–Crippen LogP) is 3.98. The molecule has 1 aromatic carbocycles. The molecule has 0 saturated carbocycles. The summed E-state index contributed by atoms with van der Waals surface area (Å²) < 4.78 is 12.4. The molecule has 1 aliphatic rings. The number of carbonyl (C=O) groups is 3. The summed E-state index contributed by atoms with van der Waals surface area (Å²) in [5.41, 5.74) is 0.628. The number of nitrogens with one attached hydrogen (secondary N) is 1. The summed E-state index contributed by atoms with van der Waals surface area (Å²) in [6.45, 7) is 5.75. The minimum absolute atomic E-state index is 0.00753. The molecule has 1 heterocycles. The van der Waals surface area contributed by atoms with Gasteiger partial charge in [0.05, 0.1) is 34.0 Å². The first-order valence-electron chi connectivity index (χ1n) is 8.04. The van der Waals surface area contributed by atoms with Crippen LogP contribution in [0.4, 0.5) is 5.69 Å². The Morgan fingerprint density at radius 2 is 1.56 bits per heavy atom. The quantitative estimate of drug-likeness (QED) is 0.354. The van der Waals surface area contributed by atoms with Crippen molar-refractivity contribution in [3.63, 3.8) is 0 Å². The molecule has 0 spiro atoms. The monoisotopic (exact) mass is 713 g/mol. The van der Waals surface area contributed by atoms with Gasteiger partial charge in [-0.2, -0.15) is 0 Å². The fourth-order valence-electron chi connectivity index (χ4n) is 2.55. The molecule has 148 valence electrons. The molecule has 1 saturated heterocycles. The third-order valence-electron chi connectivity index (χ3n) is 3.97. The van der Waals surface area contributed by atoms with E-state index in [-0.39, 0.29) is 42.7 Å². The minimum atomic E-state index is -1.15. The number of carbonyl (C=O) groups excluding carboxylic acids is 2. The largest absolute Gasteiger partial charge is 0.478 e. The van der Waals surface area contributed by atoms with Gasteiger partial charge in [0.1, 0.15) is 0 Å². The van der Waals surface area contributed by atoms with Crippen molar-refractivity contribution >= 4 is 91.1 Å². The van der Waals surface area contributed by atoms with Gasteiger partial charge in [-0.1, -0.05) is 13.8 Å². The van der Waals surface area contributed by atoms with Crippen LogP contribution in [0, 0.1) is 22.5 Å². The standard InChI is InChI=1S/C17H18I3NO6/c1-6(2)17-26-4-8(5-27-17)15(23)21-14-12(19)9(7(3)22)11(18)10(13(14)20)16(24)25/h6,8,17H,4-5H2,1-3H3,(H,21,23)(H,24,25). The predicted molar refractivity (Wildman–Crippen MR) is 124 cm³/mol. The van der Waals surface area contributed by atoms with Crippen LogP contribution in [0.15, 0.2) is 0 Å². The number of halogens is 3. The van der Waals surface area contributed by atoms with Crippen molar-refractivity contribution in [2.45, 2.75) is 27.1 Å². The van der Waals surface area contributed by atoms with Gasteiger partial charge in [0.2, 0.25) is 5.91 Å². The zero-order chi connectivity index (χ0) is 20.5. The molecular weight excluding hydrogens is 695 g/mol. The van der Waals surface area contributed by atoms with E-state index in [4.69, 9.17) is 9.47 Å². The lowest BCUT2D eigenvalue weighted by Gasteiger charge is -2.31. The molecule has 2 N–H and O–H groups in total. The average Bonchev–Trinajstić information content (AvgIpc) is 2.57. The molecule has 1 amide bonds. The third kappa shape index (κ3) is 5.11. The molecule has 0 bridgehead atoms. The first kappa shape index (κ1) is 23.2. The van der Waals surface area contributed by atoms with Crippen molar-refractivity contribution in [1.82, 2.24) is 0 Å². The summed E-state index contributed by atoms with van der Waals surface area (Å²) >= 11 is 5.71. The van der Waals surface area contributed by atoms with Crippen molar-refractivity contribution < 1.29 is 29.0 Å². The van der Waals surface area contributed by atoms with Crippen molar-refractivity contribution in [3.8, 4) is 0 Å². The van der Waals surface area contributed by atoms with Crippen molar-refractivity contribution in [2.24, 2.45) is 11.8 Å². The number of benzene rings is 1. The van der Waals surface area contributed by atoms with Gasteiger partial charge < -0.3 is 19.9 Å². The lowest BCUT2D eigenvalue weighted by Crippen LogP contribution is -2.41. The van der Waals surface area contributed by atoms with E-state index in [0.717, 1.165) is 0 Å². The van der Waals surface area contributed by atoms with Crippen LogP contribution in [-0.4, -0.2) is 42.3 Å². The third-order valence-corrected chi connectivity index (χ3v) is 7.21. The van der Waals surface area contributed by atoms with Gasteiger partial charge in [-0.3, -0.25) is 9.59 Å². The van der Waals surface area contributed by atoms with E-state index in [2.05, 4.69) is 5.32 Å². The van der Waals surface area contributed by atoms with Crippen molar-refractivity contribution in [1.29, 1.82) is 0 Å². The number of rotatable bonds is 5. The van der Waals surface area contributed by atoms with Crippen LogP contribution in [0.3, 0.4) is 0 Å². The normalized spacial score (nSPS) is 19.8. The zero-order valence-electron chi connectivity index (χ0n) is 14.8. The van der Waals surface area contributed by atoms with Gasteiger partial charge in [-0.15, -0.1) is 0 Å². The summed E-state index contributed by atoms with van der Waals surface area (Å²) in [5.74, 6) is -2.08. The number of Topliss-reactive ketones (excluding diaryl/α,β-unsaturated/α-hetero) is 1. The molecule has 0 atom stereocenters. The van der Waals surface area contributed by atoms with Crippen molar-refractivity contribution in [3.05, 3.63) is 21.8 Å². The topological polar surface area (TPSA) is 102 Å². The van der Waals surface area contributed by atoms with E-state index < -0.39 is 11.9 Å². The Bertz CT molecular complexity index is 746. The number of amides is 1. The molecular formula is C17H18I3NO6. The van der Waals surface area contributed by atoms with Crippen LogP contribution in [-0.2, 0) is 14.3 Å². The fraction of sp³-hybridized carbons (Fsp3) is 0.471. The molecule has 0 radical (unpaired) electrons. The lowest BCUT2D eigenvalue weighted by molar-refractivity contribution is -0.217. The summed E-state index contributed by atoms with van der Waals surface area (Å²) in [6.07, 6.45) is -0.337. The first-order chi connectivity index (χ1) is 12.6. The van der Waals surface area contributed by atoms with Crippen molar-refractivity contribution in [2.75, 3.05) is 18.5 Å². The summed E-state index contributed by atoms with van der Waals surface area (Å²) in [5, 5.41) is 12.3. The SMILES string of the molecule is CC(=O)c1c(I)c(NC(=O)C2COC(C(C)C)OC2)c(I)c(C(=O)O)c1I. The number of carboxylic acid groups (broad SMARTS) is 1. The number of ether oxygens (including phenoxy) is 2. The minimum Gasteiger partial charge on any atom is -0.478 e. The highest BCUT2D eigenvalue weighted by Gasteiger charge is 2.32. The molecule has 0 aromatic heterocycles. The van der Waals surface area contributed by atoms with Crippen LogP contribution in [0.5, 0.6) is 0 Å². The highest BCUT2D eigenvalue weighted by atomic mass is 127. The van der Waals surface area contributed by atoms with E-state index in [9.17, 15) is 19.5 Å². The van der Waals surface area contributed by atoms with Gasteiger partial charge in [0.15, 0.2) is 12.1 Å². The Morgan fingerprint density at radius 3 is 2.00 bits per heavy atom. The maximum absolute atomic E-state index is 12.7. The van der Waals surface area contributed by atoms with Crippen LogP contribution in [0.25, 0.3) is 0 Å². The first-order valence-corrected chi connectivity index (χ1v) is 11.3. The lowest BCUT2D eigenvalue weighted by atomic mass is 10.0. The number of ketones is 1. The highest BCUT2D eigenvalue weighted by molar-refractivity contribution is 14.1. The number of anilines is 1. The van der Waals surface area contributed by atoms with Gasteiger partial charge in [0.25, 0.3) is 0 Å². The molecule has 1 fully saturated rings. The molecule has 10 heteroatoms. The maximum Gasteiger partial charge on any atom is 0.337 e. The van der Waals surface area contributed by atoms with Crippen LogP contribution >= 0.6 is 67.8 Å². The van der Waals surface area contributed by atoms with Crippen LogP contribution in [0.2, 0.25) is 0 Å². The zero-order valence-corrected chi connectivity index (χ0v) is 21.2. The second-order valence-corrected chi connectivity index (χ2v) is 9.63. The summed E-state index contributed by atoms with van der Waals surface area (Å²) in [4.78, 5) is 36.4. The van der Waals surface area contributed by atoms with Gasteiger partial charge in [0, 0.05) is 18.6 Å². The Labute approximate surface area is 197 Å². The second kappa shape index (κ2) is 9.63. The molecule has 1 aromatic rings. The van der Waals surface area contributed by atoms with E-state index in [0.29, 0.717) is 22.0 Å². The summed E-state index contributed by atoms with van der Waals surface area (Å²) in [6, 6.07) is 0. The molecule has 7 nitrogen and oxygen atoms in total. The molecule has 27 heavy (non-hydrogen) atoms. The average molecular weight is 713 g/mol. The Hall–Kier alpha value is -0.0600. The number of hydrogen-bond acceptors (Lipinski definition) is 5. The van der Waals surface area contributed by atoms with Gasteiger partial charge in [-0.05, 0) is 74.7 Å². The van der Waals surface area contributed by atoms with Crippen LogP contribution < -0.4 is 5.32 Å². The molecule has 0 aliphatic carbocycles. The smallest absolute Gasteiger partial charge is 0.337 e. The highest BCUT2D eigenvalue weighted by Crippen LogP contribution is 2.36. The number of hydrogen-bond donors (Lipinski definition) is 2. The maximum atomic E-state index is 12.7. The Kier molecular flexibility index (Phi) is 8.28. The Balaban J connectivity index is 2.34. The molecule has 2 rings (SSSR count). The van der Waals surface area contributed by atoms with Crippen LogP contribution in [0.1, 0.15) is 41.5 Å². The fourth-order valence-corrected chi connectivity index (χ4v) is 7.21. The van der Waals surface area contributed by atoms with E-state index >= 15 is 0 Å². The van der Waals surface area contributed by atoms with E-state index in [1.54, 1.807) is 0 Å². The molecule has 0 unspecified atom stereocenters. The summed E-state index contributed by atoms with van der Waals surface area (Å²) in [7, 11) is 0. The molecule has 1 aliphatic heterocycles. The van der Waals surface area contributed by atoms with E-state index in [1.807, 2.05) is 81.6 Å². The Morgan fingerprint density at radius 1 is 1.04 bits per heavy atom. The second-order valence-electron chi connectivity index (χ2n) is 6.39. The number of carboxylic acids is 1. The number of aromatic carboxylic acids is 1.